The summed E-state index contributed by atoms with van der Waals surface area (Å²) in [5, 5.41) is 2.83. The second kappa shape index (κ2) is 9.94. The largest absolute Gasteiger partial charge is 0.478 e. The van der Waals surface area contributed by atoms with Gasteiger partial charge in [0.15, 0.2) is 0 Å². The topological polar surface area (TPSA) is 57.7 Å². The SMILES string of the molecule is Cc1ccccc1N1CCCN(CCCCOc2ccc3c(n2)NC(=O)CC3)CC1. The van der Waals surface area contributed by atoms with Gasteiger partial charge in [-0.25, -0.2) is 0 Å². The number of aryl methyl sites for hydroxylation is 2. The number of hydrogen-bond acceptors (Lipinski definition) is 5. The number of benzene rings is 1. The van der Waals surface area contributed by atoms with E-state index in [0.717, 1.165) is 57.5 Å². The Morgan fingerprint density at radius 3 is 2.83 bits per heavy atom. The van der Waals surface area contributed by atoms with Gasteiger partial charge >= 0.3 is 0 Å². The molecule has 0 radical (unpaired) electrons. The number of fused-ring (bicyclic) bond motifs is 1. The Kier molecular flexibility index (Phi) is 6.84. The van der Waals surface area contributed by atoms with Crippen molar-refractivity contribution in [3.05, 3.63) is 47.5 Å². The van der Waals surface area contributed by atoms with Crippen LogP contribution in [0.15, 0.2) is 36.4 Å². The smallest absolute Gasteiger partial charge is 0.225 e. The molecule has 1 amide bonds. The second-order valence-corrected chi connectivity index (χ2v) is 8.23. The zero-order valence-electron chi connectivity index (χ0n) is 17.9. The summed E-state index contributed by atoms with van der Waals surface area (Å²) in [6.45, 7) is 8.46. The van der Waals surface area contributed by atoms with Gasteiger partial charge in [0, 0.05) is 37.8 Å². The Hall–Kier alpha value is -2.60. The first-order chi connectivity index (χ1) is 14.7. The zero-order chi connectivity index (χ0) is 20.8. The predicted octanol–water partition coefficient (Wildman–Crippen LogP) is 3.65. The number of ether oxygens (including phenoxy) is 1. The molecule has 160 valence electrons. The molecule has 30 heavy (non-hydrogen) atoms. The van der Waals surface area contributed by atoms with Crippen LogP contribution in [0.5, 0.6) is 5.88 Å². The van der Waals surface area contributed by atoms with Gasteiger partial charge in [-0.3, -0.25) is 4.79 Å². The van der Waals surface area contributed by atoms with Crippen molar-refractivity contribution in [3.63, 3.8) is 0 Å². The molecule has 0 aliphatic carbocycles. The highest BCUT2D eigenvalue weighted by molar-refractivity contribution is 5.92. The Balaban J connectivity index is 1.17. The molecular weight excluding hydrogens is 376 g/mol. The summed E-state index contributed by atoms with van der Waals surface area (Å²) in [5.41, 5.74) is 3.82. The minimum absolute atomic E-state index is 0.0330. The van der Waals surface area contributed by atoms with Gasteiger partial charge in [-0.05, 0) is 69.0 Å². The van der Waals surface area contributed by atoms with Crippen molar-refractivity contribution in [2.45, 2.75) is 39.0 Å². The number of carbonyl (C=O) groups excluding carboxylic acids is 1. The molecule has 6 nitrogen and oxygen atoms in total. The predicted molar refractivity (Wildman–Crippen MR) is 120 cm³/mol. The minimum Gasteiger partial charge on any atom is -0.478 e. The Morgan fingerprint density at radius 1 is 1.03 bits per heavy atom. The van der Waals surface area contributed by atoms with Crippen LogP contribution in [0.3, 0.4) is 0 Å². The molecule has 0 unspecified atom stereocenters. The van der Waals surface area contributed by atoms with E-state index in [9.17, 15) is 4.79 Å². The van der Waals surface area contributed by atoms with Crippen molar-refractivity contribution in [2.24, 2.45) is 0 Å². The molecule has 2 aliphatic heterocycles. The number of hydrogen-bond donors (Lipinski definition) is 1. The lowest BCUT2D eigenvalue weighted by Gasteiger charge is -2.25. The first-order valence-electron chi connectivity index (χ1n) is 11.1. The Labute approximate surface area is 179 Å². The van der Waals surface area contributed by atoms with Crippen LogP contribution in [0.2, 0.25) is 0 Å². The van der Waals surface area contributed by atoms with Crippen molar-refractivity contribution < 1.29 is 9.53 Å². The van der Waals surface area contributed by atoms with E-state index in [1.165, 1.54) is 17.7 Å². The third-order valence-corrected chi connectivity index (χ3v) is 6.00. The van der Waals surface area contributed by atoms with Crippen LogP contribution >= 0.6 is 0 Å². The number of aromatic nitrogens is 1. The standard InChI is InChI=1S/C24H32N4O2/c1-19-7-2-3-8-21(19)28-15-6-14-27(16-17-28)13-4-5-18-30-23-12-10-20-9-11-22(29)25-24(20)26-23/h2-3,7-8,10,12H,4-6,9,11,13-18H2,1H3,(H,25,26,29). The molecule has 3 heterocycles. The number of carbonyl (C=O) groups is 1. The summed E-state index contributed by atoms with van der Waals surface area (Å²) >= 11 is 0. The zero-order valence-corrected chi connectivity index (χ0v) is 17.9. The quantitative estimate of drug-likeness (QED) is 0.709. The van der Waals surface area contributed by atoms with Crippen molar-refractivity contribution in [1.82, 2.24) is 9.88 Å². The summed E-state index contributed by atoms with van der Waals surface area (Å²) in [5.74, 6) is 1.29. The lowest BCUT2D eigenvalue weighted by atomic mass is 10.1. The minimum atomic E-state index is 0.0330. The van der Waals surface area contributed by atoms with E-state index in [1.54, 1.807) is 0 Å². The molecule has 1 aromatic carbocycles. The third-order valence-electron chi connectivity index (χ3n) is 6.00. The van der Waals surface area contributed by atoms with Gasteiger partial charge in [0.1, 0.15) is 5.82 Å². The van der Waals surface area contributed by atoms with E-state index < -0.39 is 0 Å². The van der Waals surface area contributed by atoms with Crippen LogP contribution in [0, 0.1) is 6.92 Å². The summed E-state index contributed by atoms with van der Waals surface area (Å²) < 4.78 is 5.82. The second-order valence-electron chi connectivity index (χ2n) is 8.23. The monoisotopic (exact) mass is 408 g/mol. The van der Waals surface area contributed by atoms with Crippen LogP contribution in [0.4, 0.5) is 11.5 Å². The lowest BCUT2D eigenvalue weighted by molar-refractivity contribution is -0.116. The number of rotatable bonds is 7. The summed E-state index contributed by atoms with van der Waals surface area (Å²) in [7, 11) is 0. The molecule has 1 N–H and O–H groups in total. The molecule has 4 rings (SSSR count). The van der Waals surface area contributed by atoms with E-state index in [1.807, 2.05) is 12.1 Å². The maximum absolute atomic E-state index is 11.5. The van der Waals surface area contributed by atoms with Gasteiger partial charge in [-0.15, -0.1) is 0 Å². The molecule has 0 atom stereocenters. The van der Waals surface area contributed by atoms with E-state index in [2.05, 4.69) is 51.3 Å². The van der Waals surface area contributed by atoms with Crippen molar-refractivity contribution in [2.75, 3.05) is 49.5 Å². The number of unbranched alkanes of at least 4 members (excludes halogenated alkanes) is 1. The fraction of sp³-hybridized carbons (Fsp3) is 0.500. The van der Waals surface area contributed by atoms with Gasteiger partial charge in [-0.2, -0.15) is 4.98 Å². The van der Waals surface area contributed by atoms with Crippen molar-refractivity contribution >= 4 is 17.4 Å². The van der Waals surface area contributed by atoms with E-state index in [0.29, 0.717) is 24.7 Å². The number of nitrogens with one attached hydrogen (secondary N) is 1. The van der Waals surface area contributed by atoms with Gasteiger partial charge in [-0.1, -0.05) is 18.2 Å². The van der Waals surface area contributed by atoms with Gasteiger partial charge in [0.25, 0.3) is 0 Å². The molecule has 0 saturated carbocycles. The number of para-hydroxylation sites is 1. The van der Waals surface area contributed by atoms with Crippen LogP contribution in [0.25, 0.3) is 0 Å². The van der Waals surface area contributed by atoms with E-state index >= 15 is 0 Å². The van der Waals surface area contributed by atoms with Crippen LogP contribution in [0.1, 0.15) is 36.8 Å². The van der Waals surface area contributed by atoms with Gasteiger partial charge in [0.2, 0.25) is 11.8 Å². The maximum atomic E-state index is 11.5. The summed E-state index contributed by atoms with van der Waals surface area (Å²) in [6.07, 6.45) is 4.62. The molecule has 1 aromatic heterocycles. The Morgan fingerprint density at radius 2 is 1.93 bits per heavy atom. The van der Waals surface area contributed by atoms with E-state index in [4.69, 9.17) is 4.74 Å². The molecule has 6 heteroatoms. The van der Waals surface area contributed by atoms with Crippen LogP contribution in [-0.4, -0.2) is 55.1 Å². The lowest BCUT2D eigenvalue weighted by Crippen LogP contribution is -2.31. The fourth-order valence-electron chi connectivity index (χ4n) is 4.27. The molecule has 1 saturated heterocycles. The highest BCUT2D eigenvalue weighted by Gasteiger charge is 2.17. The average Bonchev–Trinajstić information content (AvgIpc) is 2.99. The van der Waals surface area contributed by atoms with Crippen molar-refractivity contribution in [3.8, 4) is 5.88 Å². The van der Waals surface area contributed by atoms with Crippen LogP contribution < -0.4 is 15.0 Å². The first kappa shape index (κ1) is 20.7. The fourth-order valence-corrected chi connectivity index (χ4v) is 4.27. The number of amides is 1. The third kappa shape index (κ3) is 5.30. The molecule has 0 spiro atoms. The molecule has 0 bridgehead atoms. The van der Waals surface area contributed by atoms with Gasteiger partial charge < -0.3 is 19.9 Å². The number of pyridine rings is 1. The van der Waals surface area contributed by atoms with E-state index in [-0.39, 0.29) is 5.91 Å². The molecular formula is C24H32N4O2. The Bertz CT molecular complexity index is 870. The van der Waals surface area contributed by atoms with Crippen LogP contribution in [-0.2, 0) is 11.2 Å². The average molecular weight is 409 g/mol. The summed E-state index contributed by atoms with van der Waals surface area (Å²) in [4.78, 5) is 21.1. The van der Waals surface area contributed by atoms with Crippen molar-refractivity contribution in [1.29, 1.82) is 0 Å². The molecule has 2 aromatic rings. The maximum Gasteiger partial charge on any atom is 0.225 e. The number of nitrogens with zero attached hydrogens (tertiary/aromatic N) is 3. The highest BCUT2D eigenvalue weighted by atomic mass is 16.5. The molecule has 1 fully saturated rings. The highest BCUT2D eigenvalue weighted by Crippen LogP contribution is 2.23. The van der Waals surface area contributed by atoms with Gasteiger partial charge in [0.05, 0.1) is 6.61 Å². The molecule has 2 aliphatic rings. The normalized spacial score (nSPS) is 17.2. The summed E-state index contributed by atoms with van der Waals surface area (Å²) in [6, 6.07) is 12.6. The number of anilines is 2. The first-order valence-corrected chi connectivity index (χ1v) is 11.1.